The minimum absolute atomic E-state index is 0.0388. The van der Waals surface area contributed by atoms with Gasteiger partial charge in [0, 0.05) is 17.2 Å². The van der Waals surface area contributed by atoms with Crippen LogP contribution in [0, 0.1) is 35.5 Å². The molecule has 46 heavy (non-hydrogen) atoms. The van der Waals surface area contributed by atoms with Gasteiger partial charge in [0.05, 0.1) is 0 Å². The maximum absolute atomic E-state index is 4.07. The van der Waals surface area contributed by atoms with Crippen LogP contribution >= 0.6 is 17.2 Å². The predicted octanol–water partition coefficient (Wildman–Crippen LogP) is 9.85. The van der Waals surface area contributed by atoms with Crippen LogP contribution in [0.3, 0.4) is 0 Å². The zero-order valence-corrected chi connectivity index (χ0v) is 30.2. The second-order valence-electron chi connectivity index (χ2n) is 18.3. The zero-order valence-electron chi connectivity index (χ0n) is 28.2. The van der Waals surface area contributed by atoms with Crippen LogP contribution in [0.4, 0.5) is 0 Å². The van der Waals surface area contributed by atoms with Crippen LogP contribution in [0.25, 0.3) is 11.1 Å². The van der Waals surface area contributed by atoms with Gasteiger partial charge in [0.2, 0.25) is 0 Å². The van der Waals surface area contributed by atoms with Gasteiger partial charge in [0.15, 0.2) is 0 Å². The Kier molecular flexibility index (Phi) is 7.44. The molecule has 246 valence electrons. The monoisotopic (exact) mass is 652 g/mol. The van der Waals surface area contributed by atoms with Crippen molar-refractivity contribution in [3.8, 4) is 11.1 Å². The summed E-state index contributed by atoms with van der Waals surface area (Å²) in [5, 5.41) is 9.53. The van der Waals surface area contributed by atoms with Crippen LogP contribution < -0.4 is 10.6 Å². The molecule has 0 spiro atoms. The Balaban J connectivity index is 1.13. The molecule has 3 unspecified atom stereocenters. The van der Waals surface area contributed by atoms with Gasteiger partial charge in [-0.05, 0) is 196 Å². The van der Waals surface area contributed by atoms with Gasteiger partial charge in [-0.25, -0.2) is 0 Å². The van der Waals surface area contributed by atoms with Gasteiger partial charge in [-0.15, -0.1) is 9.24 Å². The molecule has 2 aliphatic heterocycles. The molecular weight excluding hydrogens is 594 g/mol. The summed E-state index contributed by atoms with van der Waals surface area (Å²) < 4.78 is 0. The van der Waals surface area contributed by atoms with Crippen LogP contribution in [-0.4, -0.2) is 35.5 Å². The molecule has 10 fully saturated rings. The van der Waals surface area contributed by atoms with E-state index in [0.717, 1.165) is 35.5 Å². The van der Waals surface area contributed by atoms with Gasteiger partial charge in [0.1, 0.15) is 0 Å². The van der Waals surface area contributed by atoms with Crippen molar-refractivity contribution in [3.05, 3.63) is 59.7 Å². The topological polar surface area (TPSA) is 24.1 Å². The number of benzene rings is 2. The summed E-state index contributed by atoms with van der Waals surface area (Å²) in [5.74, 6) is 6.31. The molecular formula is C42H58N2P2. The summed E-state index contributed by atoms with van der Waals surface area (Å²) in [6.45, 7) is 2.35. The summed E-state index contributed by atoms with van der Waals surface area (Å²) in [5.41, 5.74) is 6.26. The largest absolute Gasteiger partial charge is 0.313 e. The highest BCUT2D eigenvalue weighted by molar-refractivity contribution is 7.60. The second kappa shape index (κ2) is 11.4. The molecule has 8 bridgehead atoms. The smallest absolute Gasteiger partial charge is 0.0405 e. The first-order valence-corrected chi connectivity index (χ1v) is 21.8. The molecule has 0 radical (unpaired) electrons. The van der Waals surface area contributed by atoms with Crippen molar-refractivity contribution in [3.63, 3.8) is 0 Å². The number of rotatable bonds is 8. The van der Waals surface area contributed by atoms with Crippen molar-refractivity contribution >= 4 is 17.2 Å². The predicted molar refractivity (Wildman–Crippen MR) is 198 cm³/mol. The fourth-order valence-electron chi connectivity index (χ4n) is 14.5. The van der Waals surface area contributed by atoms with Gasteiger partial charge in [0.25, 0.3) is 0 Å². The molecule has 0 amide bonds. The van der Waals surface area contributed by atoms with Crippen molar-refractivity contribution in [1.82, 2.24) is 10.6 Å². The maximum Gasteiger partial charge on any atom is 0.0405 e. The SMILES string of the molecule is PC(c1cc(-c2ccccc2)ccc1CP(C12CC3CC(CC(C3)C1)C2)C12CC3CC(CC(C3)C1)C2)(C1CCCN1)C1CCCN1. The normalized spacial score (nSPS) is 44.1. The van der Waals surface area contributed by atoms with E-state index in [1.54, 1.807) is 88.2 Å². The molecule has 2 saturated heterocycles. The van der Waals surface area contributed by atoms with E-state index in [1.165, 1.54) is 56.1 Å². The van der Waals surface area contributed by atoms with Crippen LogP contribution in [0.2, 0.25) is 0 Å². The molecule has 2 aromatic carbocycles. The Labute approximate surface area is 282 Å². The summed E-state index contributed by atoms with van der Waals surface area (Å²) in [6, 6.07) is 20.3. The Morgan fingerprint density at radius 1 is 0.630 bits per heavy atom. The third-order valence-electron chi connectivity index (χ3n) is 15.4. The van der Waals surface area contributed by atoms with E-state index in [9.17, 15) is 0 Å². The van der Waals surface area contributed by atoms with Crippen LogP contribution in [0.15, 0.2) is 48.5 Å². The van der Waals surface area contributed by atoms with Crippen molar-refractivity contribution in [2.24, 2.45) is 35.5 Å². The van der Waals surface area contributed by atoms with Gasteiger partial charge >= 0.3 is 0 Å². The lowest BCUT2D eigenvalue weighted by molar-refractivity contribution is 0.0184. The minimum Gasteiger partial charge on any atom is -0.313 e. The van der Waals surface area contributed by atoms with E-state index in [4.69, 9.17) is 0 Å². The van der Waals surface area contributed by atoms with Gasteiger partial charge in [-0.1, -0.05) is 50.4 Å². The van der Waals surface area contributed by atoms with Crippen LogP contribution in [-0.2, 0) is 11.3 Å². The average molecular weight is 653 g/mol. The molecule has 2 aromatic rings. The van der Waals surface area contributed by atoms with Crippen LogP contribution in [0.1, 0.15) is 114 Å². The Bertz CT molecular complexity index is 1310. The van der Waals surface area contributed by atoms with E-state index in [0.29, 0.717) is 22.4 Å². The Morgan fingerprint density at radius 3 is 1.54 bits per heavy atom. The number of nitrogens with one attached hydrogen (secondary N) is 2. The lowest BCUT2D eigenvalue weighted by atomic mass is 9.55. The minimum atomic E-state index is -0.0868. The Morgan fingerprint density at radius 2 is 1.11 bits per heavy atom. The second-order valence-corrected chi connectivity index (χ2v) is 22.4. The molecule has 3 atom stereocenters. The zero-order chi connectivity index (χ0) is 30.5. The van der Waals surface area contributed by atoms with Crippen molar-refractivity contribution < 1.29 is 0 Å². The molecule has 8 aliphatic carbocycles. The third-order valence-corrected chi connectivity index (χ3v) is 20.6. The van der Waals surface area contributed by atoms with E-state index >= 15 is 0 Å². The van der Waals surface area contributed by atoms with Gasteiger partial charge < -0.3 is 10.6 Å². The van der Waals surface area contributed by atoms with E-state index in [2.05, 4.69) is 68.4 Å². The standard InChI is InChI=1S/C42H58N2P2/c45-42(38-8-4-12-43-38,39-9-5-13-44-39)37-20-35(34-6-2-1-3-7-34)10-11-36(37)27-46(40-21-28-14-29(22-40)16-30(15-28)23-40)41-24-31-17-32(25-41)19-33(18-31)26-41/h1-3,6-7,10-11,20,28-33,38-39,43-44H,4-5,8-9,12-19,21-27,45H2. The highest BCUT2D eigenvalue weighted by atomic mass is 31.1. The lowest BCUT2D eigenvalue weighted by Gasteiger charge is -2.67. The molecule has 10 aliphatic rings. The molecule has 2 nitrogen and oxygen atoms in total. The first-order valence-electron chi connectivity index (χ1n) is 19.7. The molecule has 2 heterocycles. The molecule has 4 heteroatoms. The average Bonchev–Trinajstić information content (AvgIpc) is 3.79. The highest BCUT2D eigenvalue weighted by Gasteiger charge is 2.62. The first-order chi connectivity index (χ1) is 22.5. The number of hydrogen-bond donors (Lipinski definition) is 2. The van der Waals surface area contributed by atoms with Crippen molar-refractivity contribution in [2.45, 2.75) is 136 Å². The van der Waals surface area contributed by atoms with Crippen molar-refractivity contribution in [1.29, 1.82) is 0 Å². The van der Waals surface area contributed by atoms with E-state index in [-0.39, 0.29) is 13.1 Å². The fourth-order valence-corrected chi connectivity index (χ4v) is 20.5. The summed E-state index contributed by atoms with van der Waals surface area (Å²) >= 11 is 0. The van der Waals surface area contributed by atoms with E-state index in [1.807, 2.05) is 0 Å². The fraction of sp³-hybridized carbons (Fsp3) is 0.714. The maximum atomic E-state index is 4.07. The van der Waals surface area contributed by atoms with E-state index < -0.39 is 0 Å². The summed E-state index contributed by atoms with van der Waals surface area (Å²) in [6.07, 6.45) is 25.7. The Hall–Kier alpha value is -0.780. The van der Waals surface area contributed by atoms with Gasteiger partial charge in [-0.3, -0.25) is 0 Å². The highest BCUT2D eigenvalue weighted by Crippen LogP contribution is 2.80. The van der Waals surface area contributed by atoms with Crippen LogP contribution in [0.5, 0.6) is 0 Å². The molecule has 2 N–H and O–H groups in total. The summed E-state index contributed by atoms with van der Waals surface area (Å²) in [4.78, 5) is 0. The quantitative estimate of drug-likeness (QED) is 0.278. The molecule has 0 aromatic heterocycles. The molecule has 12 rings (SSSR count). The lowest BCUT2D eigenvalue weighted by Crippen LogP contribution is -2.56. The first kappa shape index (κ1) is 30.1. The van der Waals surface area contributed by atoms with Crippen molar-refractivity contribution in [2.75, 3.05) is 13.1 Å². The van der Waals surface area contributed by atoms with Gasteiger partial charge in [-0.2, -0.15) is 0 Å². The third kappa shape index (κ3) is 4.84. The molecule has 8 saturated carbocycles. The summed E-state index contributed by atoms with van der Waals surface area (Å²) in [7, 11) is 3.50. The number of hydrogen-bond acceptors (Lipinski definition) is 2.